The fraction of sp³-hybridized carbons (Fsp3) is 0.824. The monoisotopic (exact) mass is 335 g/mol. The lowest BCUT2D eigenvalue weighted by atomic mass is 9.87. The SMILES string of the molecule is O=C(CN1CCCCC1c1n[nH]c(=O)[nH]1)NCCC1CCCCC1. The number of rotatable bonds is 6. The van der Waals surface area contributed by atoms with E-state index in [0.717, 1.165) is 44.7 Å². The Labute approximate surface area is 142 Å². The zero-order chi connectivity index (χ0) is 16.8. The van der Waals surface area contributed by atoms with Crippen LogP contribution in [0.2, 0.25) is 0 Å². The fourth-order valence-electron chi connectivity index (χ4n) is 4.06. The van der Waals surface area contributed by atoms with E-state index < -0.39 is 0 Å². The molecule has 7 heteroatoms. The molecule has 1 aliphatic heterocycles. The number of aromatic nitrogens is 3. The minimum Gasteiger partial charge on any atom is -0.355 e. The van der Waals surface area contributed by atoms with Crippen LogP contribution in [0.25, 0.3) is 0 Å². The van der Waals surface area contributed by atoms with E-state index in [4.69, 9.17) is 0 Å². The Bertz CT molecular complexity index is 576. The van der Waals surface area contributed by atoms with Crippen molar-refractivity contribution >= 4 is 5.91 Å². The minimum atomic E-state index is -0.285. The van der Waals surface area contributed by atoms with E-state index in [1.165, 1.54) is 32.1 Å². The van der Waals surface area contributed by atoms with Gasteiger partial charge in [0.15, 0.2) is 0 Å². The number of piperidine rings is 1. The van der Waals surface area contributed by atoms with Gasteiger partial charge in [-0.15, -0.1) is 0 Å². The Morgan fingerprint density at radius 1 is 1.17 bits per heavy atom. The van der Waals surface area contributed by atoms with Crippen LogP contribution in [0.1, 0.15) is 69.7 Å². The number of nitrogens with one attached hydrogen (secondary N) is 3. The average molecular weight is 335 g/mol. The van der Waals surface area contributed by atoms with Crippen molar-refractivity contribution in [2.24, 2.45) is 5.92 Å². The molecule has 1 amide bonds. The van der Waals surface area contributed by atoms with E-state index in [0.29, 0.717) is 12.4 Å². The zero-order valence-electron chi connectivity index (χ0n) is 14.4. The first-order chi connectivity index (χ1) is 11.7. The number of likely N-dealkylation sites (tertiary alicyclic amines) is 1. The molecule has 3 rings (SSSR count). The van der Waals surface area contributed by atoms with Gasteiger partial charge in [0.2, 0.25) is 5.91 Å². The van der Waals surface area contributed by atoms with Gasteiger partial charge >= 0.3 is 5.69 Å². The van der Waals surface area contributed by atoms with Crippen LogP contribution < -0.4 is 11.0 Å². The van der Waals surface area contributed by atoms with Gasteiger partial charge in [0.25, 0.3) is 0 Å². The molecule has 134 valence electrons. The van der Waals surface area contributed by atoms with Gasteiger partial charge in [-0.3, -0.25) is 14.7 Å². The van der Waals surface area contributed by atoms with Crippen LogP contribution in [-0.2, 0) is 4.79 Å². The van der Waals surface area contributed by atoms with Gasteiger partial charge in [-0.25, -0.2) is 9.89 Å². The van der Waals surface area contributed by atoms with E-state index in [1.54, 1.807) is 0 Å². The number of hydrogen-bond donors (Lipinski definition) is 3. The lowest BCUT2D eigenvalue weighted by Crippen LogP contribution is -2.42. The van der Waals surface area contributed by atoms with E-state index in [9.17, 15) is 9.59 Å². The largest absolute Gasteiger partial charge is 0.355 e. The van der Waals surface area contributed by atoms with Crippen LogP contribution in [0.5, 0.6) is 0 Å². The third kappa shape index (κ3) is 4.69. The van der Waals surface area contributed by atoms with Crippen molar-refractivity contribution in [2.75, 3.05) is 19.6 Å². The summed E-state index contributed by atoms with van der Waals surface area (Å²) < 4.78 is 0. The Morgan fingerprint density at radius 2 is 1.96 bits per heavy atom. The van der Waals surface area contributed by atoms with Gasteiger partial charge in [-0.2, -0.15) is 5.10 Å². The molecule has 1 unspecified atom stereocenters. The molecule has 24 heavy (non-hydrogen) atoms. The molecule has 2 aliphatic rings. The second-order valence-corrected chi connectivity index (χ2v) is 7.19. The lowest BCUT2D eigenvalue weighted by Gasteiger charge is -2.33. The smallest absolute Gasteiger partial charge is 0.340 e. The first kappa shape index (κ1) is 17.2. The van der Waals surface area contributed by atoms with Crippen LogP contribution in [-0.4, -0.2) is 45.6 Å². The van der Waals surface area contributed by atoms with E-state index in [1.807, 2.05) is 0 Å². The lowest BCUT2D eigenvalue weighted by molar-refractivity contribution is -0.123. The van der Waals surface area contributed by atoms with Crippen molar-refractivity contribution in [3.05, 3.63) is 16.3 Å². The van der Waals surface area contributed by atoms with E-state index in [-0.39, 0.29) is 17.6 Å². The van der Waals surface area contributed by atoms with Gasteiger partial charge in [0.1, 0.15) is 5.82 Å². The van der Waals surface area contributed by atoms with Crippen molar-refractivity contribution < 1.29 is 4.79 Å². The predicted molar refractivity (Wildman–Crippen MR) is 91.6 cm³/mol. The normalized spacial score (nSPS) is 23.2. The molecule has 1 saturated carbocycles. The number of H-pyrrole nitrogens is 2. The van der Waals surface area contributed by atoms with Gasteiger partial charge in [0.05, 0.1) is 12.6 Å². The number of hydrogen-bond acceptors (Lipinski definition) is 4. The second-order valence-electron chi connectivity index (χ2n) is 7.19. The number of carbonyl (C=O) groups is 1. The molecule has 0 bridgehead atoms. The van der Waals surface area contributed by atoms with Gasteiger partial charge in [-0.05, 0) is 31.7 Å². The summed E-state index contributed by atoms with van der Waals surface area (Å²) in [4.78, 5) is 28.4. The highest BCUT2D eigenvalue weighted by atomic mass is 16.2. The van der Waals surface area contributed by atoms with E-state index in [2.05, 4.69) is 25.4 Å². The molecule has 0 radical (unpaired) electrons. The first-order valence-electron chi connectivity index (χ1n) is 9.37. The summed E-state index contributed by atoms with van der Waals surface area (Å²) >= 11 is 0. The molecular formula is C17H29N5O2. The number of nitrogens with zero attached hydrogens (tertiary/aromatic N) is 2. The van der Waals surface area contributed by atoms with Crippen molar-refractivity contribution in [3.63, 3.8) is 0 Å². The molecule has 0 spiro atoms. The number of amides is 1. The number of aromatic amines is 2. The summed E-state index contributed by atoms with van der Waals surface area (Å²) in [6.45, 7) is 2.03. The highest BCUT2D eigenvalue weighted by molar-refractivity contribution is 5.78. The summed E-state index contributed by atoms with van der Waals surface area (Å²) in [5.41, 5.74) is -0.285. The molecule has 1 saturated heterocycles. The highest BCUT2D eigenvalue weighted by Gasteiger charge is 2.28. The molecule has 0 aromatic carbocycles. The number of carbonyl (C=O) groups excluding carboxylic acids is 1. The Hall–Kier alpha value is -1.63. The molecule has 1 atom stereocenters. The average Bonchev–Trinajstić information content (AvgIpc) is 3.02. The molecule has 7 nitrogen and oxygen atoms in total. The minimum absolute atomic E-state index is 0.0294. The van der Waals surface area contributed by atoms with E-state index >= 15 is 0 Å². The third-order valence-corrected chi connectivity index (χ3v) is 5.39. The van der Waals surface area contributed by atoms with Crippen LogP contribution in [0.15, 0.2) is 4.79 Å². The van der Waals surface area contributed by atoms with Crippen LogP contribution >= 0.6 is 0 Å². The van der Waals surface area contributed by atoms with Crippen molar-refractivity contribution in [2.45, 2.75) is 63.8 Å². The molecule has 2 fully saturated rings. The molecule has 1 aromatic rings. The Kier molecular flexibility index (Phi) is 6.07. The Balaban J connectivity index is 1.45. The summed E-state index contributed by atoms with van der Waals surface area (Å²) in [6.07, 6.45) is 10.9. The summed E-state index contributed by atoms with van der Waals surface area (Å²) in [5, 5.41) is 9.55. The van der Waals surface area contributed by atoms with Gasteiger partial charge in [-0.1, -0.05) is 38.5 Å². The fourth-order valence-corrected chi connectivity index (χ4v) is 4.06. The highest BCUT2D eigenvalue weighted by Crippen LogP contribution is 2.28. The van der Waals surface area contributed by atoms with Gasteiger partial charge < -0.3 is 5.32 Å². The Morgan fingerprint density at radius 3 is 2.71 bits per heavy atom. The van der Waals surface area contributed by atoms with Crippen molar-refractivity contribution in [1.29, 1.82) is 0 Å². The molecule has 2 heterocycles. The topological polar surface area (TPSA) is 93.9 Å². The molecule has 3 N–H and O–H groups in total. The summed E-state index contributed by atoms with van der Waals surface area (Å²) in [6, 6.07) is 0.0294. The third-order valence-electron chi connectivity index (χ3n) is 5.39. The second kappa shape index (κ2) is 8.46. The predicted octanol–water partition coefficient (Wildman–Crippen LogP) is 1.71. The van der Waals surface area contributed by atoms with Crippen LogP contribution in [0.4, 0.5) is 0 Å². The van der Waals surface area contributed by atoms with Gasteiger partial charge in [0, 0.05) is 6.54 Å². The van der Waals surface area contributed by atoms with Crippen molar-refractivity contribution in [3.8, 4) is 0 Å². The van der Waals surface area contributed by atoms with Crippen molar-refractivity contribution in [1.82, 2.24) is 25.4 Å². The molecule has 1 aliphatic carbocycles. The quantitative estimate of drug-likeness (QED) is 0.738. The maximum atomic E-state index is 12.3. The first-order valence-corrected chi connectivity index (χ1v) is 9.37. The molecule has 1 aromatic heterocycles. The standard InChI is InChI=1S/C17H29N5O2/c23-15(18-10-9-13-6-2-1-3-7-13)12-22-11-5-4-8-14(22)16-19-17(24)21-20-16/h13-14H,1-12H2,(H,18,23)(H2,19,20,21,24). The molecular weight excluding hydrogens is 306 g/mol. The summed E-state index contributed by atoms with van der Waals surface area (Å²) in [5.74, 6) is 1.52. The zero-order valence-corrected chi connectivity index (χ0v) is 14.4. The maximum absolute atomic E-state index is 12.3. The van der Waals surface area contributed by atoms with Crippen LogP contribution in [0.3, 0.4) is 0 Å². The maximum Gasteiger partial charge on any atom is 0.340 e. The summed E-state index contributed by atoms with van der Waals surface area (Å²) in [7, 11) is 0. The van der Waals surface area contributed by atoms with Crippen LogP contribution in [0, 0.1) is 5.92 Å².